The van der Waals surface area contributed by atoms with Crippen LogP contribution in [0.1, 0.15) is 70.4 Å². The molecule has 0 aliphatic carbocycles. The van der Waals surface area contributed by atoms with Crippen LogP contribution in [-0.2, 0) is 13.1 Å². The van der Waals surface area contributed by atoms with Gasteiger partial charge in [-0.2, -0.15) is 0 Å². The Morgan fingerprint density at radius 1 is 0.788 bits per heavy atom. The van der Waals surface area contributed by atoms with Crippen molar-refractivity contribution in [1.82, 2.24) is 10.2 Å². The van der Waals surface area contributed by atoms with Gasteiger partial charge in [-0.25, -0.2) is 0 Å². The van der Waals surface area contributed by atoms with Crippen molar-refractivity contribution in [1.29, 1.82) is 0 Å². The second-order valence-electron chi connectivity index (χ2n) is 9.89. The number of hydrogen-bond donors (Lipinski definition) is 1. The molecule has 0 amide bonds. The molecule has 2 aromatic rings. The van der Waals surface area contributed by atoms with Crippen molar-refractivity contribution in [2.24, 2.45) is 0 Å². The van der Waals surface area contributed by atoms with Crippen LogP contribution >= 0.6 is 11.8 Å². The Bertz CT molecular complexity index is 799. The molecule has 184 valence electrons. The number of unbranched alkanes of at least 4 members (excludes halogenated alkanes) is 3. The van der Waals surface area contributed by atoms with E-state index in [1.54, 1.807) is 3.58 Å². The van der Waals surface area contributed by atoms with Crippen LogP contribution in [0, 0.1) is 0 Å². The van der Waals surface area contributed by atoms with E-state index >= 15 is 0 Å². The van der Waals surface area contributed by atoms with Crippen molar-refractivity contribution >= 4 is 33.7 Å². The van der Waals surface area contributed by atoms with Crippen LogP contribution in [0.2, 0.25) is 13.3 Å². The molecular weight excluding hydrogens is 527 g/mol. The topological polar surface area (TPSA) is 15.3 Å². The van der Waals surface area contributed by atoms with Crippen molar-refractivity contribution in [3.05, 3.63) is 53.6 Å². The van der Waals surface area contributed by atoms with E-state index in [2.05, 4.69) is 94.6 Å². The normalized spacial score (nSPS) is 12.0. The predicted molar refractivity (Wildman–Crippen MR) is 152 cm³/mol. The summed E-state index contributed by atoms with van der Waals surface area (Å²) in [6, 6.07) is 16.6. The van der Waals surface area contributed by atoms with Gasteiger partial charge in [0.25, 0.3) is 0 Å². The summed E-state index contributed by atoms with van der Waals surface area (Å²) in [4.78, 5) is 5.06. The molecule has 33 heavy (non-hydrogen) atoms. The van der Waals surface area contributed by atoms with Crippen molar-refractivity contribution in [2.75, 3.05) is 21.1 Å². The van der Waals surface area contributed by atoms with Gasteiger partial charge in [0.05, 0.1) is 0 Å². The molecule has 0 saturated carbocycles. The first-order valence-corrected chi connectivity index (χ1v) is 21.5. The minimum absolute atomic E-state index is 0.948. The fourth-order valence-electron chi connectivity index (χ4n) is 4.88. The number of benzene rings is 2. The van der Waals surface area contributed by atoms with Crippen LogP contribution in [0.15, 0.2) is 52.3 Å². The Labute approximate surface area is 213 Å². The Kier molecular flexibility index (Phi) is 13.5. The van der Waals surface area contributed by atoms with Crippen LogP contribution < -0.4 is 8.90 Å². The van der Waals surface area contributed by atoms with Gasteiger partial charge in [-0.05, 0) is 0 Å². The van der Waals surface area contributed by atoms with E-state index < -0.39 is 18.4 Å². The van der Waals surface area contributed by atoms with Gasteiger partial charge in [0.15, 0.2) is 0 Å². The summed E-state index contributed by atoms with van der Waals surface area (Å²) in [5.41, 5.74) is 2.90. The number of nitrogens with zero attached hydrogens (tertiary/aromatic N) is 1. The fourth-order valence-corrected chi connectivity index (χ4v) is 22.0. The zero-order chi connectivity index (χ0) is 24.1. The maximum absolute atomic E-state index is 3.47. The third-order valence-electron chi connectivity index (χ3n) is 6.75. The maximum atomic E-state index is 3.47. The van der Waals surface area contributed by atoms with E-state index in [0.29, 0.717) is 0 Å². The summed E-state index contributed by atoms with van der Waals surface area (Å²) in [7, 11) is 6.39. The number of hydrogen-bond acceptors (Lipinski definition) is 3. The summed E-state index contributed by atoms with van der Waals surface area (Å²) in [6.45, 7) is 9.03. The summed E-state index contributed by atoms with van der Waals surface area (Å²) in [5.74, 6) is 0. The first-order chi connectivity index (χ1) is 16.0. The van der Waals surface area contributed by atoms with Crippen molar-refractivity contribution in [2.45, 2.75) is 95.5 Å². The van der Waals surface area contributed by atoms with Crippen LogP contribution in [0.4, 0.5) is 0 Å². The zero-order valence-electron chi connectivity index (χ0n) is 22.2. The summed E-state index contributed by atoms with van der Waals surface area (Å²) >= 11 is -0.464. The van der Waals surface area contributed by atoms with Gasteiger partial charge in [0, 0.05) is 0 Å². The van der Waals surface area contributed by atoms with Gasteiger partial charge in [-0.3, -0.25) is 0 Å². The van der Waals surface area contributed by atoms with E-state index in [1.807, 2.05) is 11.8 Å². The Hall–Kier alpha value is -0.491. The first kappa shape index (κ1) is 28.7. The summed E-state index contributed by atoms with van der Waals surface area (Å²) in [6.07, 6.45) is 8.24. The van der Waals surface area contributed by atoms with Gasteiger partial charge in [-0.15, -0.1) is 0 Å². The molecule has 0 bridgehead atoms. The molecule has 0 aliphatic heterocycles. The average Bonchev–Trinajstić information content (AvgIpc) is 2.81. The standard InChI is InChI=1S/C17H21N2S.3C4H9.Sn/c1-18-12-14-8-4-6-10-16(14)20-17-11-7-5-9-15(17)13-19(2)3;3*1-3-4-2;/h5-11,18H,12-13H2,1-3H3;3*1,3-4H2,2H3;. The Morgan fingerprint density at radius 2 is 1.36 bits per heavy atom. The van der Waals surface area contributed by atoms with E-state index in [0.717, 1.165) is 13.1 Å². The molecule has 2 rings (SSSR count). The monoisotopic (exact) mass is 576 g/mol. The molecule has 4 heteroatoms. The van der Waals surface area contributed by atoms with Crippen LogP contribution in [0.25, 0.3) is 0 Å². The molecule has 0 aliphatic rings. The minimum atomic E-state index is -2.42. The summed E-state index contributed by atoms with van der Waals surface area (Å²) in [5, 5.41) is 3.47. The van der Waals surface area contributed by atoms with Crippen molar-refractivity contribution in [3.8, 4) is 0 Å². The van der Waals surface area contributed by atoms with E-state index in [-0.39, 0.29) is 0 Å². The molecule has 0 aromatic heterocycles. The average molecular weight is 575 g/mol. The van der Waals surface area contributed by atoms with Crippen LogP contribution in [0.5, 0.6) is 0 Å². The van der Waals surface area contributed by atoms with Crippen molar-refractivity contribution in [3.63, 3.8) is 0 Å². The summed E-state index contributed by atoms with van der Waals surface area (Å²) < 4.78 is 6.38. The zero-order valence-corrected chi connectivity index (χ0v) is 25.8. The molecule has 2 aromatic carbocycles. The van der Waals surface area contributed by atoms with Crippen molar-refractivity contribution < 1.29 is 0 Å². The van der Waals surface area contributed by atoms with Gasteiger partial charge in [0.2, 0.25) is 0 Å². The third kappa shape index (κ3) is 8.90. The van der Waals surface area contributed by atoms with E-state index in [1.165, 1.54) is 72.8 Å². The first-order valence-electron chi connectivity index (χ1n) is 13.2. The van der Waals surface area contributed by atoms with Gasteiger partial charge in [-0.1, -0.05) is 0 Å². The Morgan fingerprint density at radius 3 is 1.91 bits per heavy atom. The van der Waals surface area contributed by atoms with Gasteiger partial charge >= 0.3 is 214 Å². The molecule has 0 spiro atoms. The number of rotatable bonds is 16. The second kappa shape index (κ2) is 15.5. The van der Waals surface area contributed by atoms with E-state index in [4.69, 9.17) is 0 Å². The molecule has 1 N–H and O–H groups in total. The van der Waals surface area contributed by atoms with E-state index in [9.17, 15) is 0 Å². The molecule has 0 fully saturated rings. The Balaban J connectivity index is 2.45. The SMILES string of the molecule is CCC[CH2][Sn]([CH2]CCC)([CH2]CCC)[c]1ccc(Sc2ccccc2CN(C)C)c(CNC)c1. The molecule has 0 saturated heterocycles. The quantitative estimate of drug-likeness (QED) is 0.207. The third-order valence-corrected chi connectivity index (χ3v) is 23.6. The second-order valence-corrected chi connectivity index (χ2v) is 24.2. The molecular formula is C29H48N2SSn. The molecule has 0 radical (unpaired) electrons. The number of nitrogens with one attached hydrogen (secondary N) is 1. The molecule has 2 nitrogen and oxygen atoms in total. The fraction of sp³-hybridized carbons (Fsp3) is 0.586. The van der Waals surface area contributed by atoms with Gasteiger partial charge < -0.3 is 0 Å². The van der Waals surface area contributed by atoms with Gasteiger partial charge in [0.1, 0.15) is 0 Å². The predicted octanol–water partition coefficient (Wildman–Crippen LogP) is 7.67. The molecule has 0 atom stereocenters. The van der Waals surface area contributed by atoms with Crippen LogP contribution in [0.3, 0.4) is 0 Å². The molecule has 0 unspecified atom stereocenters. The molecule has 0 heterocycles. The van der Waals surface area contributed by atoms with Crippen LogP contribution in [-0.4, -0.2) is 44.4 Å².